The maximum Gasteiger partial charge on any atom is 0.335 e. The number of pyridine rings is 1. The largest absolute Gasteiger partial charge is 0.872 e. The molecule has 6 N–H and O–H groups in total. The third kappa shape index (κ3) is 5.23. The van der Waals surface area contributed by atoms with E-state index in [1.165, 1.54) is 25.3 Å². The predicted octanol–water partition coefficient (Wildman–Crippen LogP) is -0.275. The number of carboxylic acid groups (broad SMARTS) is 1. The summed E-state index contributed by atoms with van der Waals surface area (Å²) in [6.07, 6.45) is 3.57. The molecule has 0 aliphatic carbocycles. The molecule has 0 aliphatic heterocycles. The van der Waals surface area contributed by atoms with Crippen LogP contribution >= 0.6 is 0 Å². The minimum atomic E-state index is -1.24. The van der Waals surface area contributed by atoms with E-state index in [9.17, 15) is 9.90 Å². The average Bonchev–Trinajstić information content (AvgIpc) is 2.40. The van der Waals surface area contributed by atoms with Gasteiger partial charge in [-0.15, -0.1) is 0 Å². The molecular weight excluding hydrogens is 264 g/mol. The number of methoxy groups -OCH3 is 1. The van der Waals surface area contributed by atoms with Gasteiger partial charge in [0.05, 0.1) is 12.7 Å². The topological polar surface area (TPSA) is 141 Å². The number of aromatic carboxylic acids is 1. The van der Waals surface area contributed by atoms with Crippen molar-refractivity contribution in [1.29, 1.82) is 0 Å². The van der Waals surface area contributed by atoms with Crippen LogP contribution in [0, 0.1) is 0 Å². The molecule has 0 spiro atoms. The fourth-order valence-corrected chi connectivity index (χ4v) is 1.20. The molecule has 1 heterocycles. The monoisotopic (exact) mass is 280 g/mol. The van der Waals surface area contributed by atoms with Gasteiger partial charge in [0, 0.05) is 17.8 Å². The molecule has 0 saturated heterocycles. The van der Waals surface area contributed by atoms with Crippen LogP contribution in [-0.4, -0.2) is 23.7 Å². The van der Waals surface area contributed by atoms with E-state index in [2.05, 4.69) is 4.98 Å². The van der Waals surface area contributed by atoms with Gasteiger partial charge < -0.3 is 26.2 Å². The lowest BCUT2D eigenvalue weighted by Crippen LogP contribution is -2.03. The first-order valence-electron chi connectivity index (χ1n) is 5.34. The van der Waals surface area contributed by atoms with Gasteiger partial charge in [0.25, 0.3) is 0 Å². The Morgan fingerprint density at radius 3 is 2.30 bits per heavy atom. The zero-order valence-corrected chi connectivity index (χ0v) is 10.8. The molecule has 7 nitrogen and oxygen atoms in total. The molecular formula is C13H16N2O5. The molecule has 7 heteroatoms. The van der Waals surface area contributed by atoms with Crippen LogP contribution in [0.1, 0.15) is 10.4 Å². The minimum absolute atomic E-state index is 0. The third-order valence-electron chi connectivity index (χ3n) is 2.16. The van der Waals surface area contributed by atoms with Gasteiger partial charge in [0.2, 0.25) is 0 Å². The van der Waals surface area contributed by atoms with Gasteiger partial charge in [0.15, 0.2) is 12.4 Å². The van der Waals surface area contributed by atoms with Crippen molar-refractivity contribution in [1.82, 2.24) is 0 Å². The van der Waals surface area contributed by atoms with Crippen LogP contribution in [0.5, 0.6) is 11.5 Å². The number of hydrogen-bond donors (Lipinski definition) is 2. The normalized spacial score (nSPS) is 8.65. The van der Waals surface area contributed by atoms with Crippen molar-refractivity contribution < 1.29 is 30.2 Å². The number of carboxylic acids is 1. The first-order chi connectivity index (χ1) is 9.04. The van der Waals surface area contributed by atoms with Crippen LogP contribution < -0.4 is 20.6 Å². The molecule has 0 unspecified atom stereocenters. The Morgan fingerprint density at radius 1 is 1.30 bits per heavy atom. The maximum absolute atomic E-state index is 10.9. The third-order valence-corrected chi connectivity index (χ3v) is 2.16. The van der Waals surface area contributed by atoms with E-state index in [-0.39, 0.29) is 11.0 Å². The molecule has 20 heavy (non-hydrogen) atoms. The summed E-state index contributed by atoms with van der Waals surface area (Å²) in [7, 11) is 1.41. The highest BCUT2D eigenvalue weighted by Crippen LogP contribution is 2.20. The van der Waals surface area contributed by atoms with Gasteiger partial charge in [-0.2, -0.15) is 0 Å². The van der Waals surface area contributed by atoms with E-state index >= 15 is 0 Å². The van der Waals surface area contributed by atoms with Crippen molar-refractivity contribution in [3.8, 4) is 11.5 Å². The molecule has 2 rings (SSSR count). The number of benzene rings is 1. The van der Waals surface area contributed by atoms with E-state index in [0.717, 1.165) is 5.69 Å². The van der Waals surface area contributed by atoms with Crippen LogP contribution in [0.4, 0.5) is 5.69 Å². The summed E-state index contributed by atoms with van der Waals surface area (Å²) in [6.45, 7) is 0. The lowest BCUT2D eigenvalue weighted by molar-refractivity contribution is -0.377. The Balaban J connectivity index is 0.000000387. The zero-order chi connectivity index (χ0) is 14.3. The van der Waals surface area contributed by atoms with E-state index in [0.29, 0.717) is 5.75 Å². The fourth-order valence-electron chi connectivity index (χ4n) is 1.20. The van der Waals surface area contributed by atoms with Crippen LogP contribution in [-0.2, 0) is 0 Å². The number of hydrogen-bond acceptors (Lipinski definition) is 4. The Bertz CT molecular complexity index is 546. The Morgan fingerprint density at radius 2 is 1.90 bits per heavy atom. The van der Waals surface area contributed by atoms with E-state index < -0.39 is 11.7 Å². The highest BCUT2D eigenvalue weighted by molar-refractivity contribution is 5.91. The molecule has 108 valence electrons. The summed E-state index contributed by atoms with van der Waals surface area (Å²) in [6, 6.07) is 7.40. The molecule has 0 fully saturated rings. The first kappa shape index (κ1) is 17.2. The molecule has 0 aliphatic rings. The maximum atomic E-state index is 10.9. The van der Waals surface area contributed by atoms with Gasteiger partial charge in [0.1, 0.15) is 5.75 Å². The number of ether oxygens (including phenoxy) is 1. The van der Waals surface area contributed by atoms with E-state index in [1.54, 1.807) is 24.5 Å². The number of rotatable bonds is 2. The second-order valence-corrected chi connectivity index (χ2v) is 3.50. The van der Waals surface area contributed by atoms with Gasteiger partial charge in [-0.05, 0) is 12.1 Å². The summed E-state index contributed by atoms with van der Waals surface area (Å²) in [5, 5.41) is 19.4. The van der Waals surface area contributed by atoms with Crippen LogP contribution in [0.15, 0.2) is 42.7 Å². The van der Waals surface area contributed by atoms with Crippen LogP contribution in [0.25, 0.3) is 0 Å². The molecule has 0 saturated carbocycles. The highest BCUT2D eigenvalue weighted by atomic mass is 16.5. The van der Waals surface area contributed by atoms with Gasteiger partial charge in [-0.25, -0.2) is 9.78 Å². The summed E-state index contributed by atoms with van der Waals surface area (Å²) in [5.41, 5.74) is 5.86. The summed E-state index contributed by atoms with van der Waals surface area (Å²) < 4.78 is 4.76. The number of nitrogens with one attached hydrogen (secondary N) is 1. The van der Waals surface area contributed by atoms with Gasteiger partial charge in [-0.3, -0.25) is 0 Å². The van der Waals surface area contributed by atoms with Crippen molar-refractivity contribution in [3.63, 3.8) is 0 Å². The highest BCUT2D eigenvalue weighted by Gasteiger charge is 2.04. The van der Waals surface area contributed by atoms with Crippen molar-refractivity contribution in [3.05, 3.63) is 48.3 Å². The number of nitrogen functional groups attached to an aromatic ring is 1. The fraction of sp³-hybridized carbons (Fsp3) is 0.0769. The van der Waals surface area contributed by atoms with E-state index in [1.807, 2.05) is 0 Å². The molecule has 0 bridgehead atoms. The second-order valence-electron chi connectivity index (χ2n) is 3.50. The number of H-pyrrole nitrogens is 1. The Kier molecular flexibility index (Phi) is 7.16. The first-order valence-corrected chi connectivity index (χ1v) is 5.34. The molecule has 0 radical (unpaired) electrons. The molecule has 1 aromatic heterocycles. The average molecular weight is 280 g/mol. The summed E-state index contributed by atoms with van der Waals surface area (Å²) in [4.78, 5) is 13.3. The quantitative estimate of drug-likeness (QED) is 0.778. The lowest BCUT2D eigenvalue weighted by atomic mass is 10.2. The smallest absolute Gasteiger partial charge is 0.335 e. The zero-order valence-electron chi connectivity index (χ0n) is 10.8. The van der Waals surface area contributed by atoms with Crippen LogP contribution in [0.3, 0.4) is 0 Å². The summed E-state index contributed by atoms with van der Waals surface area (Å²) >= 11 is 0. The minimum Gasteiger partial charge on any atom is -0.872 e. The van der Waals surface area contributed by atoms with Crippen LogP contribution in [0.2, 0.25) is 0 Å². The predicted molar refractivity (Wildman–Crippen MR) is 70.4 cm³/mol. The van der Waals surface area contributed by atoms with Crippen molar-refractivity contribution in [2.45, 2.75) is 0 Å². The Labute approximate surface area is 115 Å². The Hall–Kier alpha value is -2.80. The standard InChI is InChI=1S/C8H8O4.C5H6N2.H2O/c1-12-5-2-3-7(9)6(4-5)8(10)11;6-5-1-3-7-4-2-5;/h2-4,9H,1H3,(H,10,11);1-4H,(H2,6,7);1H2. The van der Waals surface area contributed by atoms with Crippen molar-refractivity contribution >= 4 is 11.7 Å². The molecule has 0 atom stereocenters. The molecule has 0 amide bonds. The van der Waals surface area contributed by atoms with Gasteiger partial charge in [-0.1, -0.05) is 11.8 Å². The number of aromatic nitrogens is 1. The van der Waals surface area contributed by atoms with Crippen molar-refractivity contribution in [2.75, 3.05) is 12.8 Å². The number of nitrogens with two attached hydrogens (primary N) is 1. The second kappa shape index (κ2) is 8.33. The van der Waals surface area contributed by atoms with Crippen molar-refractivity contribution in [2.24, 2.45) is 0 Å². The summed E-state index contributed by atoms with van der Waals surface area (Å²) in [5.74, 6) is -1.38. The van der Waals surface area contributed by atoms with E-state index in [4.69, 9.17) is 15.6 Å². The lowest BCUT2D eigenvalue weighted by Gasteiger charge is -2.10. The number of aromatic amines is 1. The molecule has 2 aromatic rings. The number of carbonyl (C=O) groups is 1. The number of anilines is 1. The SMILES string of the molecule is COc1ccc([O-])c(C(=O)O)c1.Nc1cc[nH+]cc1.O. The van der Waals surface area contributed by atoms with Gasteiger partial charge >= 0.3 is 5.97 Å². The molecule has 1 aromatic carbocycles.